The summed E-state index contributed by atoms with van der Waals surface area (Å²) in [6.07, 6.45) is 7.08. The topological polar surface area (TPSA) is 18.5 Å². The molecule has 0 aromatic rings. The molecule has 1 N–H and O–H groups in total. The molecule has 0 bridgehead atoms. The van der Waals surface area contributed by atoms with Crippen LogP contribution in [0.1, 0.15) is 52.9 Å². The van der Waals surface area contributed by atoms with Crippen LogP contribution in [-0.4, -0.2) is 61.2 Å². The number of nitrogens with zero attached hydrogens (tertiary/aromatic N) is 2. The molecule has 2 aliphatic heterocycles. The zero-order chi connectivity index (χ0) is 14.4. The highest BCUT2D eigenvalue weighted by Crippen LogP contribution is 2.24. The Morgan fingerprint density at radius 1 is 1.05 bits per heavy atom. The summed E-state index contributed by atoms with van der Waals surface area (Å²) in [5.74, 6) is 0.993. The van der Waals surface area contributed by atoms with Gasteiger partial charge in [0.05, 0.1) is 0 Å². The van der Waals surface area contributed by atoms with Crippen LogP contribution in [0, 0.1) is 5.92 Å². The number of rotatable bonds is 5. The second kappa shape index (κ2) is 7.77. The van der Waals surface area contributed by atoms with Gasteiger partial charge in [0.2, 0.25) is 0 Å². The Balaban J connectivity index is 1.82. The van der Waals surface area contributed by atoms with Gasteiger partial charge in [0, 0.05) is 38.3 Å². The first-order valence-electron chi connectivity index (χ1n) is 8.80. The third-order valence-corrected chi connectivity index (χ3v) is 5.22. The minimum absolute atomic E-state index is 0.326. The van der Waals surface area contributed by atoms with Crippen LogP contribution in [0.25, 0.3) is 0 Å². The molecule has 3 nitrogen and oxygen atoms in total. The van der Waals surface area contributed by atoms with Crippen molar-refractivity contribution < 1.29 is 0 Å². The summed E-state index contributed by atoms with van der Waals surface area (Å²) in [6.45, 7) is 15.8. The lowest BCUT2D eigenvalue weighted by molar-refractivity contribution is 0.0638. The van der Waals surface area contributed by atoms with Crippen LogP contribution >= 0.6 is 0 Å². The Morgan fingerprint density at radius 3 is 2.50 bits per heavy atom. The molecule has 0 spiro atoms. The fourth-order valence-electron chi connectivity index (χ4n) is 4.00. The molecule has 20 heavy (non-hydrogen) atoms. The van der Waals surface area contributed by atoms with Crippen molar-refractivity contribution in [2.24, 2.45) is 5.92 Å². The standard InChI is InChI=1S/C17H35N3/c1-4-6-16-7-5-11-19(12-8-16)15-17(2,3)20-13-9-18-10-14-20/h16,18H,4-15H2,1-3H3. The number of likely N-dealkylation sites (tertiary alicyclic amines) is 1. The molecule has 0 aliphatic carbocycles. The summed E-state index contributed by atoms with van der Waals surface area (Å²) < 4.78 is 0. The maximum absolute atomic E-state index is 3.47. The van der Waals surface area contributed by atoms with Crippen LogP contribution in [0.4, 0.5) is 0 Å². The summed E-state index contributed by atoms with van der Waals surface area (Å²) in [4.78, 5) is 5.41. The summed E-state index contributed by atoms with van der Waals surface area (Å²) in [5.41, 5.74) is 0.326. The van der Waals surface area contributed by atoms with Crippen molar-refractivity contribution in [3.8, 4) is 0 Å². The fourth-order valence-corrected chi connectivity index (χ4v) is 4.00. The highest BCUT2D eigenvalue weighted by atomic mass is 15.3. The Bertz CT molecular complexity index is 271. The van der Waals surface area contributed by atoms with Crippen LogP contribution in [-0.2, 0) is 0 Å². The lowest BCUT2D eigenvalue weighted by Gasteiger charge is -2.43. The monoisotopic (exact) mass is 281 g/mol. The zero-order valence-electron chi connectivity index (χ0n) is 14.0. The molecule has 118 valence electrons. The summed E-state index contributed by atoms with van der Waals surface area (Å²) in [5, 5.41) is 3.47. The molecule has 2 heterocycles. The predicted octanol–water partition coefficient (Wildman–Crippen LogP) is 2.57. The molecule has 1 atom stereocenters. The van der Waals surface area contributed by atoms with Gasteiger partial charge in [0.15, 0.2) is 0 Å². The van der Waals surface area contributed by atoms with Crippen molar-refractivity contribution in [1.82, 2.24) is 15.1 Å². The van der Waals surface area contributed by atoms with E-state index < -0.39 is 0 Å². The molecular weight excluding hydrogens is 246 g/mol. The first-order chi connectivity index (χ1) is 9.62. The summed E-state index contributed by atoms with van der Waals surface area (Å²) in [7, 11) is 0. The fraction of sp³-hybridized carbons (Fsp3) is 1.00. The van der Waals surface area contributed by atoms with Gasteiger partial charge >= 0.3 is 0 Å². The SMILES string of the molecule is CCCC1CCCN(CC(C)(C)N2CCNCC2)CC1. The number of hydrogen-bond acceptors (Lipinski definition) is 3. The summed E-state index contributed by atoms with van der Waals surface area (Å²) >= 11 is 0. The molecule has 0 radical (unpaired) electrons. The smallest absolute Gasteiger partial charge is 0.0281 e. The zero-order valence-corrected chi connectivity index (χ0v) is 14.0. The van der Waals surface area contributed by atoms with E-state index in [-0.39, 0.29) is 0 Å². The van der Waals surface area contributed by atoms with Gasteiger partial charge in [-0.2, -0.15) is 0 Å². The maximum atomic E-state index is 3.47. The predicted molar refractivity (Wildman–Crippen MR) is 87.2 cm³/mol. The average molecular weight is 281 g/mol. The van der Waals surface area contributed by atoms with Crippen molar-refractivity contribution in [2.75, 3.05) is 45.8 Å². The van der Waals surface area contributed by atoms with Gasteiger partial charge in [-0.15, -0.1) is 0 Å². The van der Waals surface area contributed by atoms with E-state index in [1.54, 1.807) is 0 Å². The Labute approximate surface area is 126 Å². The van der Waals surface area contributed by atoms with Crippen molar-refractivity contribution in [3.63, 3.8) is 0 Å². The van der Waals surface area contributed by atoms with E-state index in [0.717, 1.165) is 19.0 Å². The minimum atomic E-state index is 0.326. The van der Waals surface area contributed by atoms with Crippen LogP contribution < -0.4 is 5.32 Å². The first kappa shape index (κ1) is 16.3. The lowest BCUT2D eigenvalue weighted by Crippen LogP contribution is -2.57. The second-order valence-corrected chi connectivity index (χ2v) is 7.41. The maximum Gasteiger partial charge on any atom is 0.0281 e. The first-order valence-corrected chi connectivity index (χ1v) is 8.80. The molecule has 3 heteroatoms. The van der Waals surface area contributed by atoms with Gasteiger partial charge in [-0.05, 0) is 52.1 Å². The molecule has 0 amide bonds. The van der Waals surface area contributed by atoms with E-state index in [0.29, 0.717) is 5.54 Å². The van der Waals surface area contributed by atoms with E-state index in [4.69, 9.17) is 0 Å². The Morgan fingerprint density at radius 2 is 1.80 bits per heavy atom. The molecule has 1 unspecified atom stereocenters. The van der Waals surface area contributed by atoms with Crippen LogP contribution in [0.2, 0.25) is 0 Å². The largest absolute Gasteiger partial charge is 0.314 e. The average Bonchev–Trinajstić information content (AvgIpc) is 2.66. The highest BCUT2D eigenvalue weighted by molar-refractivity contribution is 4.88. The summed E-state index contributed by atoms with van der Waals surface area (Å²) in [6, 6.07) is 0. The third-order valence-electron chi connectivity index (χ3n) is 5.22. The number of piperazine rings is 1. The van der Waals surface area contributed by atoms with Gasteiger partial charge in [0.1, 0.15) is 0 Å². The number of hydrogen-bond donors (Lipinski definition) is 1. The van der Waals surface area contributed by atoms with Crippen LogP contribution in [0.5, 0.6) is 0 Å². The molecule has 2 saturated heterocycles. The van der Waals surface area contributed by atoms with E-state index in [2.05, 4.69) is 35.9 Å². The van der Waals surface area contributed by atoms with Gasteiger partial charge in [-0.3, -0.25) is 4.90 Å². The molecule has 0 saturated carbocycles. The molecule has 2 fully saturated rings. The lowest BCUT2D eigenvalue weighted by atomic mass is 9.96. The molecule has 2 aliphatic rings. The minimum Gasteiger partial charge on any atom is -0.314 e. The van der Waals surface area contributed by atoms with Gasteiger partial charge < -0.3 is 10.2 Å². The quantitative estimate of drug-likeness (QED) is 0.835. The van der Waals surface area contributed by atoms with Crippen molar-refractivity contribution in [2.45, 2.75) is 58.4 Å². The van der Waals surface area contributed by atoms with Crippen LogP contribution in [0.15, 0.2) is 0 Å². The van der Waals surface area contributed by atoms with Gasteiger partial charge in [0.25, 0.3) is 0 Å². The van der Waals surface area contributed by atoms with Gasteiger partial charge in [-0.1, -0.05) is 19.8 Å². The molecule has 2 rings (SSSR count). The Hall–Kier alpha value is -0.120. The van der Waals surface area contributed by atoms with Gasteiger partial charge in [-0.25, -0.2) is 0 Å². The number of nitrogens with one attached hydrogen (secondary N) is 1. The molecule has 0 aromatic carbocycles. The van der Waals surface area contributed by atoms with Crippen molar-refractivity contribution in [1.29, 1.82) is 0 Å². The van der Waals surface area contributed by atoms with E-state index in [1.165, 1.54) is 64.8 Å². The van der Waals surface area contributed by atoms with E-state index >= 15 is 0 Å². The molecular formula is C17H35N3. The van der Waals surface area contributed by atoms with Crippen molar-refractivity contribution >= 4 is 0 Å². The van der Waals surface area contributed by atoms with E-state index in [1.807, 2.05) is 0 Å². The normalized spacial score (nSPS) is 27.4. The third kappa shape index (κ3) is 4.71. The molecule has 0 aromatic heterocycles. The second-order valence-electron chi connectivity index (χ2n) is 7.41. The highest BCUT2D eigenvalue weighted by Gasteiger charge is 2.30. The van der Waals surface area contributed by atoms with Crippen LogP contribution in [0.3, 0.4) is 0 Å². The van der Waals surface area contributed by atoms with E-state index in [9.17, 15) is 0 Å². The van der Waals surface area contributed by atoms with Crippen molar-refractivity contribution in [3.05, 3.63) is 0 Å². The Kier molecular flexibility index (Phi) is 6.31.